The maximum Gasteiger partial charge on any atom is 0.225 e. The number of carbonyl (C=O) groups excluding carboxylic acids is 1. The molecule has 5 heteroatoms. The zero-order valence-electron chi connectivity index (χ0n) is 10.2. The van der Waals surface area contributed by atoms with Crippen LogP contribution in [0.15, 0.2) is 0 Å². The van der Waals surface area contributed by atoms with Crippen LogP contribution in [0.2, 0.25) is 0 Å². The van der Waals surface area contributed by atoms with E-state index < -0.39 is 5.60 Å². The maximum absolute atomic E-state index is 11.9. The summed E-state index contributed by atoms with van der Waals surface area (Å²) in [5.41, 5.74) is -0.440. The quantitative estimate of drug-likeness (QED) is 0.741. The second-order valence-electron chi connectivity index (χ2n) is 4.66. The number of nitrogens with zero attached hydrogens (tertiary/aromatic N) is 1. The second-order valence-corrected chi connectivity index (χ2v) is 4.66. The van der Waals surface area contributed by atoms with Gasteiger partial charge in [-0.25, -0.2) is 0 Å². The fourth-order valence-corrected chi connectivity index (χ4v) is 1.60. The lowest BCUT2D eigenvalue weighted by Gasteiger charge is -2.34. The summed E-state index contributed by atoms with van der Waals surface area (Å²) in [6.07, 6.45) is 0.102. The van der Waals surface area contributed by atoms with Crippen molar-refractivity contribution >= 4 is 5.91 Å². The highest BCUT2D eigenvalue weighted by Gasteiger charge is 2.28. The average molecular weight is 231 g/mol. The predicted octanol–water partition coefficient (Wildman–Crippen LogP) is 0.0212. The Kier molecular flexibility index (Phi) is 4.70. The van der Waals surface area contributed by atoms with Gasteiger partial charge in [-0.2, -0.15) is 0 Å². The highest BCUT2D eigenvalue weighted by atomic mass is 16.5. The molecule has 94 valence electrons. The van der Waals surface area contributed by atoms with Crippen LogP contribution >= 0.6 is 0 Å². The molecule has 0 bridgehead atoms. The minimum atomic E-state index is -0.440. The first kappa shape index (κ1) is 13.4. The van der Waals surface area contributed by atoms with E-state index in [1.165, 1.54) is 0 Å². The maximum atomic E-state index is 11.9. The first-order valence-corrected chi connectivity index (χ1v) is 5.54. The summed E-state index contributed by atoms with van der Waals surface area (Å²) in [6.45, 7) is 5.27. The molecule has 1 amide bonds. The number of hydrogen-bond acceptors (Lipinski definition) is 4. The number of hydrogen-bond donors (Lipinski definition) is 1. The molecule has 0 spiro atoms. The van der Waals surface area contributed by atoms with Gasteiger partial charge >= 0.3 is 0 Å². The van der Waals surface area contributed by atoms with Gasteiger partial charge in [-0.15, -0.1) is 0 Å². The zero-order valence-corrected chi connectivity index (χ0v) is 10.2. The summed E-state index contributed by atoms with van der Waals surface area (Å²) in [7, 11) is 1.60. The van der Waals surface area contributed by atoms with Crippen molar-refractivity contribution < 1.29 is 19.4 Å². The molecule has 1 unspecified atom stereocenters. The zero-order chi connectivity index (χ0) is 12.2. The van der Waals surface area contributed by atoms with Crippen molar-refractivity contribution in [3.05, 3.63) is 0 Å². The van der Waals surface area contributed by atoms with Crippen LogP contribution in [0.3, 0.4) is 0 Å². The van der Waals surface area contributed by atoms with Gasteiger partial charge in [0.1, 0.15) is 0 Å². The SMILES string of the molecule is COC(C)(C)CC(=O)N1CCOC(CO)C1. The van der Waals surface area contributed by atoms with E-state index in [2.05, 4.69) is 0 Å². The molecular formula is C11H21NO4. The van der Waals surface area contributed by atoms with E-state index in [4.69, 9.17) is 14.6 Å². The number of morpholine rings is 1. The van der Waals surface area contributed by atoms with Crippen LogP contribution in [0.5, 0.6) is 0 Å². The Hall–Kier alpha value is -0.650. The highest BCUT2D eigenvalue weighted by Crippen LogP contribution is 2.16. The Morgan fingerprint density at radius 3 is 2.88 bits per heavy atom. The van der Waals surface area contributed by atoms with Gasteiger partial charge in [-0.3, -0.25) is 4.79 Å². The van der Waals surface area contributed by atoms with E-state index >= 15 is 0 Å². The third-order valence-electron chi connectivity index (χ3n) is 2.82. The standard InChI is InChI=1S/C11H21NO4/c1-11(2,15-3)6-10(14)12-4-5-16-9(7-12)8-13/h9,13H,4-8H2,1-3H3. The molecule has 0 aromatic rings. The molecule has 1 atom stereocenters. The summed E-state index contributed by atoms with van der Waals surface area (Å²) >= 11 is 0. The highest BCUT2D eigenvalue weighted by molar-refractivity contribution is 5.77. The Balaban J connectivity index is 2.47. The fourth-order valence-electron chi connectivity index (χ4n) is 1.60. The Labute approximate surface area is 96.3 Å². The summed E-state index contributed by atoms with van der Waals surface area (Å²) < 4.78 is 10.5. The number of amides is 1. The van der Waals surface area contributed by atoms with Gasteiger partial charge in [-0.1, -0.05) is 0 Å². The lowest BCUT2D eigenvalue weighted by molar-refractivity contribution is -0.145. The molecule has 1 aliphatic heterocycles. The predicted molar refractivity (Wildman–Crippen MR) is 59.1 cm³/mol. The molecule has 0 aromatic heterocycles. The van der Waals surface area contributed by atoms with Gasteiger partial charge in [0.25, 0.3) is 0 Å². The molecule has 1 aliphatic rings. The fraction of sp³-hybridized carbons (Fsp3) is 0.909. The summed E-state index contributed by atoms with van der Waals surface area (Å²) in [6, 6.07) is 0. The molecule has 0 radical (unpaired) electrons. The van der Waals surface area contributed by atoms with Crippen molar-refractivity contribution in [1.29, 1.82) is 0 Å². The number of carbonyl (C=O) groups is 1. The van der Waals surface area contributed by atoms with Gasteiger partial charge < -0.3 is 19.5 Å². The van der Waals surface area contributed by atoms with Crippen LogP contribution in [0.25, 0.3) is 0 Å². The molecule has 1 fully saturated rings. The molecule has 5 nitrogen and oxygen atoms in total. The monoisotopic (exact) mass is 231 g/mol. The average Bonchev–Trinajstić information content (AvgIpc) is 2.28. The van der Waals surface area contributed by atoms with Crippen LogP contribution in [0.1, 0.15) is 20.3 Å². The summed E-state index contributed by atoms with van der Waals surface area (Å²) in [4.78, 5) is 13.7. The summed E-state index contributed by atoms with van der Waals surface area (Å²) in [5.74, 6) is 0.0496. The van der Waals surface area contributed by atoms with Crippen LogP contribution < -0.4 is 0 Å². The van der Waals surface area contributed by atoms with Crippen molar-refractivity contribution in [2.24, 2.45) is 0 Å². The number of methoxy groups -OCH3 is 1. The van der Waals surface area contributed by atoms with Gasteiger partial charge in [-0.05, 0) is 13.8 Å². The van der Waals surface area contributed by atoms with Crippen LogP contribution in [-0.2, 0) is 14.3 Å². The molecular weight excluding hydrogens is 210 g/mol. The molecule has 0 aromatic carbocycles. The molecule has 16 heavy (non-hydrogen) atoms. The number of rotatable bonds is 4. The Morgan fingerprint density at radius 1 is 1.62 bits per heavy atom. The molecule has 1 rings (SSSR count). The molecule has 1 saturated heterocycles. The van der Waals surface area contributed by atoms with Crippen LogP contribution in [0, 0.1) is 0 Å². The molecule has 0 aliphatic carbocycles. The minimum Gasteiger partial charge on any atom is -0.394 e. The van der Waals surface area contributed by atoms with Crippen molar-refractivity contribution in [1.82, 2.24) is 4.90 Å². The Bertz CT molecular complexity index is 242. The number of aliphatic hydroxyl groups excluding tert-OH is 1. The van der Waals surface area contributed by atoms with E-state index in [9.17, 15) is 4.79 Å². The normalized spacial score (nSPS) is 22.2. The number of aliphatic hydroxyl groups is 1. The second kappa shape index (κ2) is 5.61. The first-order chi connectivity index (χ1) is 7.48. The van der Waals surface area contributed by atoms with Crippen molar-refractivity contribution in [3.8, 4) is 0 Å². The van der Waals surface area contributed by atoms with Crippen molar-refractivity contribution in [3.63, 3.8) is 0 Å². The third kappa shape index (κ3) is 3.73. The van der Waals surface area contributed by atoms with Crippen molar-refractivity contribution in [2.45, 2.75) is 32.0 Å². The van der Waals surface area contributed by atoms with Gasteiger partial charge in [0.05, 0.1) is 31.3 Å². The van der Waals surface area contributed by atoms with E-state index in [-0.39, 0.29) is 18.6 Å². The molecule has 1 N–H and O–H groups in total. The summed E-state index contributed by atoms with van der Waals surface area (Å²) in [5, 5.41) is 8.98. The van der Waals surface area contributed by atoms with E-state index in [1.54, 1.807) is 12.0 Å². The topological polar surface area (TPSA) is 59.0 Å². The first-order valence-electron chi connectivity index (χ1n) is 5.54. The van der Waals surface area contributed by atoms with E-state index in [1.807, 2.05) is 13.8 Å². The number of ether oxygens (including phenoxy) is 2. The van der Waals surface area contributed by atoms with Gasteiger partial charge in [0, 0.05) is 20.2 Å². The van der Waals surface area contributed by atoms with Gasteiger partial charge in [0.2, 0.25) is 5.91 Å². The largest absolute Gasteiger partial charge is 0.394 e. The van der Waals surface area contributed by atoms with E-state index in [0.29, 0.717) is 26.1 Å². The van der Waals surface area contributed by atoms with E-state index in [0.717, 1.165) is 0 Å². The molecule has 1 heterocycles. The Morgan fingerprint density at radius 2 is 2.31 bits per heavy atom. The third-order valence-corrected chi connectivity index (χ3v) is 2.82. The van der Waals surface area contributed by atoms with Crippen molar-refractivity contribution in [2.75, 3.05) is 33.4 Å². The van der Waals surface area contributed by atoms with Gasteiger partial charge in [0.15, 0.2) is 0 Å². The lowest BCUT2D eigenvalue weighted by Crippen LogP contribution is -2.48. The minimum absolute atomic E-state index is 0.0442. The van der Waals surface area contributed by atoms with Crippen LogP contribution in [-0.4, -0.2) is 61.0 Å². The molecule has 0 saturated carbocycles. The lowest BCUT2D eigenvalue weighted by atomic mass is 10.0. The van der Waals surface area contributed by atoms with Crippen LogP contribution in [0.4, 0.5) is 0 Å². The smallest absolute Gasteiger partial charge is 0.225 e.